The van der Waals surface area contributed by atoms with E-state index in [4.69, 9.17) is 26.3 Å². The molecule has 0 aliphatic rings. The van der Waals surface area contributed by atoms with Gasteiger partial charge in [-0.3, -0.25) is 0 Å². The number of fused-ring (bicyclic) bond motifs is 12. The molecular weight excluding hydrogens is 1640 g/mol. The van der Waals surface area contributed by atoms with Crippen LogP contribution in [0.1, 0.15) is 33.4 Å². The van der Waals surface area contributed by atoms with Crippen molar-refractivity contribution in [2.24, 2.45) is 0 Å². The van der Waals surface area contributed by atoms with Crippen LogP contribution in [-0.4, -0.2) is 18.3 Å². The number of aryl methyl sites for hydroxylation is 1. The lowest BCUT2D eigenvalue weighted by molar-refractivity contribution is -0.137. The summed E-state index contributed by atoms with van der Waals surface area (Å²) in [4.78, 5) is 14.6. The lowest BCUT2D eigenvalue weighted by Gasteiger charge is -2.21. The third-order valence-corrected chi connectivity index (χ3v) is 25.2. The summed E-state index contributed by atoms with van der Waals surface area (Å²) in [6.45, 7) is 32.7. The van der Waals surface area contributed by atoms with Gasteiger partial charge in [0.05, 0.1) is 140 Å². The highest BCUT2D eigenvalue weighted by Gasteiger charge is 2.33. The first-order valence-corrected chi connectivity index (χ1v) is 42.6. The van der Waals surface area contributed by atoms with Crippen molar-refractivity contribution in [3.8, 4) is 136 Å². The minimum atomic E-state index is -4.71. The Bertz CT molecular complexity index is 8770. The fourth-order valence-electron chi connectivity index (χ4n) is 18.7. The Morgan fingerprint density at radius 1 is 0.226 bits per heavy atom. The summed E-state index contributed by atoms with van der Waals surface area (Å²) >= 11 is 0. The average Bonchev–Trinajstić information content (AvgIpc) is 1.58. The molecule has 0 fully saturated rings. The number of benzene rings is 18. The first-order valence-electron chi connectivity index (χ1n) is 42.6. The van der Waals surface area contributed by atoms with E-state index in [1.807, 2.05) is 167 Å². The molecule has 0 bridgehead atoms. The van der Waals surface area contributed by atoms with Gasteiger partial charge >= 0.3 is 6.18 Å². The summed E-state index contributed by atoms with van der Waals surface area (Å²) in [5, 5.41) is 46.6. The average molecular weight is 1710 g/mol. The van der Waals surface area contributed by atoms with Crippen LogP contribution in [0, 0.1) is 78.5 Å². The molecule has 0 N–H and O–H groups in total. The van der Waals surface area contributed by atoms with Gasteiger partial charge in [0.25, 0.3) is 0 Å². The second-order valence-corrected chi connectivity index (χ2v) is 32.7. The molecule has 22 aromatic rings. The molecule has 4 aromatic heterocycles. The number of para-hydroxylation sites is 2. The topological polar surface area (TPSA) is 132 Å². The van der Waals surface area contributed by atoms with Crippen LogP contribution in [0.2, 0.25) is 0 Å². The Labute approximate surface area is 761 Å². The Hall–Kier alpha value is -19.1. The monoisotopic (exact) mass is 1710 g/mol. The second kappa shape index (κ2) is 33.0. The molecule has 133 heavy (non-hydrogen) atoms. The van der Waals surface area contributed by atoms with Gasteiger partial charge in [-0.15, -0.1) is 0 Å². The van der Waals surface area contributed by atoms with Gasteiger partial charge in [-0.2, -0.15) is 34.2 Å². The predicted molar refractivity (Wildman–Crippen MR) is 527 cm³/mol. The van der Waals surface area contributed by atoms with Crippen LogP contribution in [0.5, 0.6) is 0 Å². The number of nitrogens with zero attached hydrogens (tertiary/aromatic N) is 12. The molecule has 0 unspecified atom stereocenters. The molecular formula is C118H65F3N12. The number of hydrogen-bond acceptors (Lipinski definition) is 4. The van der Waals surface area contributed by atoms with Crippen LogP contribution in [0.25, 0.3) is 218 Å². The van der Waals surface area contributed by atoms with E-state index in [1.54, 1.807) is 66.7 Å². The van der Waals surface area contributed by atoms with Crippen LogP contribution < -0.4 is 0 Å². The van der Waals surface area contributed by atoms with Crippen LogP contribution >= 0.6 is 0 Å². The number of rotatable bonds is 12. The lowest BCUT2D eigenvalue weighted by atomic mass is 9.97. The minimum Gasteiger partial charge on any atom is -0.310 e. The van der Waals surface area contributed by atoms with Gasteiger partial charge < -0.3 is 18.3 Å². The molecule has 0 aliphatic carbocycles. The minimum absolute atomic E-state index is 0.274. The first kappa shape index (κ1) is 80.9. The van der Waals surface area contributed by atoms with E-state index in [9.17, 15) is 21.0 Å². The molecule has 15 heteroatoms. The number of alkyl halides is 3. The molecule has 22 rings (SSSR count). The Morgan fingerprint density at radius 2 is 0.489 bits per heavy atom. The molecule has 0 radical (unpaired) electrons. The van der Waals surface area contributed by atoms with E-state index in [0.717, 1.165) is 188 Å². The zero-order chi connectivity index (χ0) is 90.9. The molecule has 18 aromatic carbocycles. The maximum Gasteiger partial charge on any atom is 0.416 e. The molecule has 0 amide bonds. The molecule has 0 spiro atoms. The summed E-state index contributed by atoms with van der Waals surface area (Å²) in [6.07, 6.45) is -4.71. The summed E-state index contributed by atoms with van der Waals surface area (Å²) in [7, 11) is 0. The van der Waals surface area contributed by atoms with Gasteiger partial charge in [0.15, 0.2) is 22.7 Å². The number of hydrogen-bond donors (Lipinski definition) is 0. The number of aromatic nitrogens is 4. The summed E-state index contributed by atoms with van der Waals surface area (Å²) in [6, 6.07) is 130. The Balaban J connectivity index is 0.000000167. The molecule has 12 nitrogen and oxygen atoms in total. The van der Waals surface area contributed by atoms with Gasteiger partial charge in [-0.25, -0.2) is 19.4 Å². The van der Waals surface area contributed by atoms with E-state index in [1.165, 1.54) is 12.1 Å². The molecule has 618 valence electrons. The van der Waals surface area contributed by atoms with Crippen molar-refractivity contribution in [2.75, 3.05) is 0 Å². The standard InChI is InChI=1S/C66H34F3N7.C52H31N5/c1-72-51-21-12-44(13-22-51)48-17-28-61-56(34-48)55-32-46(42-8-4-40(38-70)5-9-42)16-27-60(55)75(61)64-31-20-50(66(67,68)69)36-59(64)54-26-25-53(74-3)37-65(54)76-62-29-18-47(43-10-6-41(39-71)7-11-43)33-57(62)58-35-49(19-30-63(58)76)45-14-23-52(73-2)24-15-45;1-33-11-24-49(56-47-9-5-3-7-41(47)45-29-38(19-25-50(45)56)36-15-12-34(31-53)13-16-36)44(27-33)43-23-14-35(32-54)28-52(43)57-48-10-6-4-8-42(48)46-30-39(20-26-51(46)57)37-17-21-40(55-2)22-18-37/h4-37H;3-30H,1H3. The Morgan fingerprint density at radius 3 is 0.820 bits per heavy atom. The van der Waals surface area contributed by atoms with Crippen LogP contribution in [0.15, 0.2) is 376 Å². The molecule has 4 heterocycles. The van der Waals surface area contributed by atoms with E-state index >= 15 is 13.2 Å². The van der Waals surface area contributed by atoms with Crippen LogP contribution in [0.3, 0.4) is 0 Å². The van der Waals surface area contributed by atoms with E-state index < -0.39 is 11.7 Å². The van der Waals surface area contributed by atoms with Gasteiger partial charge in [0.1, 0.15) is 0 Å². The predicted octanol–water partition coefficient (Wildman–Crippen LogP) is 32.1. The molecule has 0 saturated heterocycles. The third kappa shape index (κ3) is 14.4. The first-order chi connectivity index (χ1) is 65.0. The highest BCUT2D eigenvalue weighted by Crippen LogP contribution is 2.49. The zero-order valence-corrected chi connectivity index (χ0v) is 70.8. The summed E-state index contributed by atoms with van der Waals surface area (Å²) in [5.41, 5.74) is 28.8. The van der Waals surface area contributed by atoms with Gasteiger partial charge in [-0.05, 0) is 244 Å². The van der Waals surface area contributed by atoms with Crippen LogP contribution in [0.4, 0.5) is 35.9 Å². The summed E-state index contributed by atoms with van der Waals surface area (Å²) in [5.74, 6) is 0. The largest absolute Gasteiger partial charge is 0.416 e. The zero-order valence-electron chi connectivity index (χ0n) is 70.8. The molecule has 0 saturated carbocycles. The lowest BCUT2D eigenvalue weighted by Crippen LogP contribution is -2.08. The van der Waals surface area contributed by atoms with Crippen molar-refractivity contribution in [3.05, 3.63) is 455 Å². The van der Waals surface area contributed by atoms with Crippen molar-refractivity contribution in [3.63, 3.8) is 0 Å². The molecule has 0 atom stereocenters. The van der Waals surface area contributed by atoms with Crippen molar-refractivity contribution in [1.29, 1.82) is 21.0 Å². The van der Waals surface area contributed by atoms with Gasteiger partial charge in [0.2, 0.25) is 0 Å². The van der Waals surface area contributed by atoms with Crippen molar-refractivity contribution < 1.29 is 13.2 Å². The second-order valence-electron chi connectivity index (χ2n) is 32.7. The normalized spacial score (nSPS) is 11.2. The smallest absolute Gasteiger partial charge is 0.310 e. The maximum absolute atomic E-state index is 15.2. The van der Waals surface area contributed by atoms with E-state index in [-0.39, 0.29) is 11.3 Å². The van der Waals surface area contributed by atoms with E-state index in [0.29, 0.717) is 56.3 Å². The van der Waals surface area contributed by atoms with Crippen molar-refractivity contribution >= 4 is 110 Å². The van der Waals surface area contributed by atoms with Crippen LogP contribution in [-0.2, 0) is 6.18 Å². The number of halogens is 3. The highest BCUT2D eigenvalue weighted by atomic mass is 19.4. The Kier molecular flexibility index (Phi) is 20.1. The van der Waals surface area contributed by atoms with Crippen molar-refractivity contribution in [1.82, 2.24) is 18.3 Å². The highest BCUT2D eigenvalue weighted by molar-refractivity contribution is 6.16. The van der Waals surface area contributed by atoms with E-state index in [2.05, 4.69) is 193 Å². The number of nitriles is 4. The van der Waals surface area contributed by atoms with Gasteiger partial charge in [-0.1, -0.05) is 212 Å². The SMILES string of the molecule is [C-]#[N+]c1ccc(-c2ccc3c(c2)c2cc(-c4ccc(C#N)cc4)ccc2n3-c2ccc(C(F)(F)F)cc2-c2ccc([N+]#[C-])cc2-n2c3ccc(-c4ccc(C#N)cc4)cc3c3cc(-c4ccc([N+]#[C-])cc4)ccc32)cc1.[C-]#[N+]c1ccc(-c2ccc3c(c2)c2ccccc2n3-c2cc(C#N)ccc2-c2cc(C)ccc2-n2c3ccccc3c3cc(-c4ccc(C#N)cc4)ccc32)cc1. The fraction of sp³-hybridized carbons (Fsp3) is 0.0169. The summed E-state index contributed by atoms with van der Waals surface area (Å²) < 4.78 is 54.3. The fourth-order valence-corrected chi connectivity index (χ4v) is 18.7. The quantitative estimate of drug-likeness (QED) is 0.113. The third-order valence-electron chi connectivity index (χ3n) is 25.2. The molecule has 0 aliphatic heterocycles. The van der Waals surface area contributed by atoms with Gasteiger partial charge in [0, 0.05) is 71.0 Å². The van der Waals surface area contributed by atoms with Crippen molar-refractivity contribution in [2.45, 2.75) is 13.1 Å². The maximum atomic E-state index is 15.2.